The first kappa shape index (κ1) is 14.5. The predicted octanol–water partition coefficient (Wildman–Crippen LogP) is 3.58. The molecule has 1 aromatic heterocycles. The first-order valence-electron chi connectivity index (χ1n) is 7.10. The van der Waals surface area contributed by atoms with Gasteiger partial charge in [0, 0.05) is 24.5 Å². The lowest BCUT2D eigenvalue weighted by atomic mass is 10.2. The molecule has 1 aromatic carbocycles. The number of hydrogen-bond donors (Lipinski definition) is 1. The third kappa shape index (κ3) is 3.36. The molecule has 2 rings (SSSR count). The van der Waals surface area contributed by atoms with Gasteiger partial charge in [0.25, 0.3) is 0 Å². The van der Waals surface area contributed by atoms with Crippen LogP contribution >= 0.6 is 0 Å². The highest BCUT2D eigenvalue weighted by molar-refractivity contribution is 5.61. The summed E-state index contributed by atoms with van der Waals surface area (Å²) in [5.74, 6) is 1.02. The van der Waals surface area contributed by atoms with Crippen molar-refractivity contribution >= 4 is 11.5 Å². The molecule has 3 heteroatoms. The maximum Gasteiger partial charge on any atom is 0.133 e. The predicted molar refractivity (Wildman–Crippen MR) is 85.6 cm³/mol. The number of aryl methyl sites for hydroxylation is 2. The van der Waals surface area contributed by atoms with Crippen LogP contribution in [0.25, 0.3) is 0 Å². The fraction of sp³-hybridized carbons (Fsp3) is 0.353. The van der Waals surface area contributed by atoms with Crippen LogP contribution in [-0.2, 0) is 6.54 Å². The smallest absolute Gasteiger partial charge is 0.133 e. The Morgan fingerprint density at radius 3 is 2.40 bits per heavy atom. The summed E-state index contributed by atoms with van der Waals surface area (Å²) in [5.41, 5.74) is 4.78. The molecule has 0 saturated heterocycles. The molecule has 0 saturated carbocycles. The molecule has 20 heavy (non-hydrogen) atoms. The Morgan fingerprint density at radius 1 is 1.10 bits per heavy atom. The van der Waals surface area contributed by atoms with Crippen molar-refractivity contribution in [3.8, 4) is 0 Å². The van der Waals surface area contributed by atoms with Crippen LogP contribution < -0.4 is 10.2 Å². The molecule has 0 atom stereocenters. The van der Waals surface area contributed by atoms with Crippen LogP contribution in [0, 0.1) is 13.8 Å². The Labute approximate surface area is 121 Å². The summed E-state index contributed by atoms with van der Waals surface area (Å²) in [6.07, 6.45) is 0. The van der Waals surface area contributed by atoms with Gasteiger partial charge in [-0.05, 0) is 57.6 Å². The number of benzene rings is 1. The highest BCUT2D eigenvalue weighted by atomic mass is 15.2. The lowest BCUT2D eigenvalue weighted by Gasteiger charge is -2.23. The van der Waals surface area contributed by atoms with E-state index in [2.05, 4.69) is 65.4 Å². The van der Waals surface area contributed by atoms with Crippen molar-refractivity contribution in [2.24, 2.45) is 0 Å². The number of anilines is 2. The van der Waals surface area contributed by atoms with Crippen LogP contribution in [-0.4, -0.2) is 18.6 Å². The Bertz CT molecular complexity index is 561. The molecule has 0 aliphatic heterocycles. The van der Waals surface area contributed by atoms with E-state index in [1.807, 2.05) is 14.0 Å². The van der Waals surface area contributed by atoms with Gasteiger partial charge in [0.05, 0.1) is 0 Å². The molecule has 0 aliphatic carbocycles. The number of aromatic nitrogens is 1. The summed E-state index contributed by atoms with van der Waals surface area (Å²) in [6.45, 7) is 8.07. The minimum Gasteiger partial charge on any atom is -0.327 e. The second kappa shape index (κ2) is 6.53. The van der Waals surface area contributed by atoms with Gasteiger partial charge in [0.1, 0.15) is 5.82 Å². The van der Waals surface area contributed by atoms with E-state index in [-0.39, 0.29) is 0 Å². The normalized spacial score (nSPS) is 10.6. The quantitative estimate of drug-likeness (QED) is 0.899. The number of hydrogen-bond acceptors (Lipinski definition) is 3. The third-order valence-corrected chi connectivity index (χ3v) is 3.32. The minimum atomic E-state index is 0.863. The summed E-state index contributed by atoms with van der Waals surface area (Å²) < 4.78 is 0. The molecule has 0 unspecified atom stereocenters. The number of nitrogens with one attached hydrogen (secondary N) is 1. The summed E-state index contributed by atoms with van der Waals surface area (Å²) in [4.78, 5) is 6.93. The van der Waals surface area contributed by atoms with Gasteiger partial charge in [0.15, 0.2) is 0 Å². The van der Waals surface area contributed by atoms with Crippen LogP contribution in [0.3, 0.4) is 0 Å². The fourth-order valence-electron chi connectivity index (χ4n) is 2.37. The molecule has 106 valence electrons. The van der Waals surface area contributed by atoms with Crippen molar-refractivity contribution in [1.29, 1.82) is 0 Å². The van der Waals surface area contributed by atoms with Crippen LogP contribution in [0.4, 0.5) is 11.5 Å². The molecular formula is C17H23N3. The molecule has 2 aromatic rings. The maximum atomic E-state index is 4.68. The molecule has 0 aliphatic rings. The third-order valence-electron chi connectivity index (χ3n) is 3.32. The van der Waals surface area contributed by atoms with Crippen LogP contribution in [0.1, 0.15) is 23.7 Å². The molecule has 0 bridgehead atoms. The minimum absolute atomic E-state index is 0.863. The van der Waals surface area contributed by atoms with Crippen molar-refractivity contribution in [1.82, 2.24) is 10.3 Å². The van der Waals surface area contributed by atoms with Crippen molar-refractivity contribution in [2.45, 2.75) is 27.3 Å². The molecule has 3 nitrogen and oxygen atoms in total. The molecule has 0 amide bonds. The zero-order valence-corrected chi connectivity index (χ0v) is 12.8. The molecule has 1 N–H and O–H groups in total. The SMILES string of the molecule is CCN(c1ccc(C)cc1)c1cc(CNC)cc(C)n1. The van der Waals surface area contributed by atoms with Gasteiger partial charge in [-0.1, -0.05) is 17.7 Å². The molecule has 0 radical (unpaired) electrons. The van der Waals surface area contributed by atoms with Crippen molar-refractivity contribution in [3.63, 3.8) is 0 Å². The van der Waals surface area contributed by atoms with Gasteiger partial charge in [-0.15, -0.1) is 0 Å². The first-order valence-corrected chi connectivity index (χ1v) is 7.10. The standard InChI is InChI=1S/C17H23N3/c1-5-20(16-8-6-13(2)7-9-16)17-11-15(12-18-4)10-14(3)19-17/h6-11,18H,5,12H2,1-4H3. The van der Waals surface area contributed by atoms with E-state index in [9.17, 15) is 0 Å². The van der Waals surface area contributed by atoms with E-state index < -0.39 is 0 Å². The Balaban J connectivity index is 2.38. The van der Waals surface area contributed by atoms with E-state index in [0.29, 0.717) is 0 Å². The maximum absolute atomic E-state index is 4.68. The summed E-state index contributed by atoms with van der Waals surface area (Å²) in [6, 6.07) is 12.9. The van der Waals surface area contributed by atoms with Crippen LogP contribution in [0.5, 0.6) is 0 Å². The van der Waals surface area contributed by atoms with Crippen molar-refractivity contribution in [2.75, 3.05) is 18.5 Å². The molecule has 0 spiro atoms. The summed E-state index contributed by atoms with van der Waals surface area (Å²) >= 11 is 0. The second-order valence-corrected chi connectivity index (χ2v) is 5.09. The molecule has 1 heterocycles. The van der Waals surface area contributed by atoms with Gasteiger partial charge in [0.2, 0.25) is 0 Å². The Morgan fingerprint density at radius 2 is 1.80 bits per heavy atom. The average molecular weight is 269 g/mol. The molecular weight excluding hydrogens is 246 g/mol. The Hall–Kier alpha value is -1.87. The largest absolute Gasteiger partial charge is 0.327 e. The lowest BCUT2D eigenvalue weighted by Crippen LogP contribution is -2.18. The highest BCUT2D eigenvalue weighted by Crippen LogP contribution is 2.25. The number of pyridine rings is 1. The van der Waals surface area contributed by atoms with Gasteiger partial charge in [-0.25, -0.2) is 4.98 Å². The van der Waals surface area contributed by atoms with Gasteiger partial charge in [-0.2, -0.15) is 0 Å². The van der Waals surface area contributed by atoms with E-state index in [4.69, 9.17) is 0 Å². The summed E-state index contributed by atoms with van der Waals surface area (Å²) in [5, 5.41) is 3.20. The van der Waals surface area contributed by atoms with Crippen molar-refractivity contribution in [3.05, 3.63) is 53.2 Å². The van der Waals surface area contributed by atoms with E-state index >= 15 is 0 Å². The fourth-order valence-corrected chi connectivity index (χ4v) is 2.37. The number of rotatable bonds is 5. The van der Waals surface area contributed by atoms with E-state index in [1.54, 1.807) is 0 Å². The topological polar surface area (TPSA) is 28.2 Å². The average Bonchev–Trinajstić information content (AvgIpc) is 2.41. The zero-order valence-electron chi connectivity index (χ0n) is 12.8. The zero-order chi connectivity index (χ0) is 14.5. The number of nitrogens with zero attached hydrogens (tertiary/aromatic N) is 2. The molecule has 0 fully saturated rings. The van der Waals surface area contributed by atoms with Gasteiger partial charge in [-0.3, -0.25) is 0 Å². The van der Waals surface area contributed by atoms with Gasteiger partial charge >= 0.3 is 0 Å². The van der Waals surface area contributed by atoms with Gasteiger partial charge < -0.3 is 10.2 Å². The van der Waals surface area contributed by atoms with Crippen molar-refractivity contribution < 1.29 is 0 Å². The Kier molecular flexibility index (Phi) is 4.74. The van der Waals surface area contributed by atoms with E-state index in [0.717, 1.165) is 24.6 Å². The highest BCUT2D eigenvalue weighted by Gasteiger charge is 2.10. The van der Waals surface area contributed by atoms with E-state index in [1.165, 1.54) is 16.8 Å². The monoisotopic (exact) mass is 269 g/mol. The second-order valence-electron chi connectivity index (χ2n) is 5.09. The first-order chi connectivity index (χ1) is 9.63. The van der Waals surface area contributed by atoms with Crippen LogP contribution in [0.15, 0.2) is 36.4 Å². The lowest BCUT2D eigenvalue weighted by molar-refractivity contribution is 0.812. The van der Waals surface area contributed by atoms with Crippen LogP contribution in [0.2, 0.25) is 0 Å². The summed E-state index contributed by atoms with van der Waals surface area (Å²) in [7, 11) is 1.97.